The van der Waals surface area contributed by atoms with E-state index in [0.717, 1.165) is 25.3 Å². The highest BCUT2D eigenvalue weighted by atomic mass is 16.5. The predicted octanol–water partition coefficient (Wildman–Crippen LogP) is 1.72. The monoisotopic (exact) mass is 259 g/mol. The molecule has 0 aliphatic carbocycles. The molecule has 0 spiro atoms. The van der Waals surface area contributed by atoms with Crippen LogP contribution in [0.5, 0.6) is 0 Å². The van der Waals surface area contributed by atoms with Gasteiger partial charge in [0, 0.05) is 12.7 Å². The molecule has 0 N–H and O–H groups in total. The molecule has 5 nitrogen and oxygen atoms in total. The van der Waals surface area contributed by atoms with Gasteiger partial charge in [0.05, 0.1) is 19.0 Å². The molecule has 0 bridgehead atoms. The molecule has 0 unspecified atom stereocenters. The third kappa shape index (κ3) is 2.21. The molecular weight excluding hydrogens is 242 g/mol. The molecule has 0 amide bonds. The predicted molar refractivity (Wildman–Crippen MR) is 71.0 cm³/mol. The number of ether oxygens (including phenoxy) is 1. The second kappa shape index (κ2) is 5.01. The minimum Gasteiger partial charge on any atom is -0.465 e. The highest BCUT2D eigenvalue weighted by molar-refractivity contribution is 5.95. The van der Waals surface area contributed by atoms with E-state index < -0.39 is 0 Å². The summed E-state index contributed by atoms with van der Waals surface area (Å²) < 4.78 is 6.76. The van der Waals surface area contributed by atoms with Crippen LogP contribution in [0.25, 0.3) is 5.65 Å². The molecule has 5 heteroatoms. The van der Waals surface area contributed by atoms with Gasteiger partial charge < -0.3 is 9.14 Å². The minimum atomic E-state index is -0.344. The summed E-state index contributed by atoms with van der Waals surface area (Å²) in [7, 11) is 1.39. The second-order valence-electron chi connectivity index (χ2n) is 4.84. The molecule has 2 aromatic rings. The SMILES string of the molecule is COC(=O)c1cccn2c(CN3CCCC3)cnc12. The Morgan fingerprint density at radius 2 is 2.21 bits per heavy atom. The summed E-state index contributed by atoms with van der Waals surface area (Å²) in [6, 6.07) is 3.60. The van der Waals surface area contributed by atoms with Crippen LogP contribution < -0.4 is 0 Å². The maximum absolute atomic E-state index is 11.7. The van der Waals surface area contributed by atoms with Gasteiger partial charge in [-0.1, -0.05) is 0 Å². The van der Waals surface area contributed by atoms with Crippen LogP contribution in [0, 0.1) is 0 Å². The maximum Gasteiger partial charge on any atom is 0.341 e. The fraction of sp³-hybridized carbons (Fsp3) is 0.429. The Labute approximate surface area is 111 Å². The molecule has 0 aromatic carbocycles. The minimum absolute atomic E-state index is 0.344. The first-order chi connectivity index (χ1) is 9.29. The van der Waals surface area contributed by atoms with Gasteiger partial charge in [0.15, 0.2) is 5.65 Å². The molecule has 1 saturated heterocycles. The summed E-state index contributed by atoms with van der Waals surface area (Å²) in [6.07, 6.45) is 6.33. The number of carbonyl (C=O) groups excluding carboxylic acids is 1. The van der Waals surface area contributed by atoms with E-state index in [1.165, 1.54) is 20.0 Å². The molecule has 1 fully saturated rings. The van der Waals surface area contributed by atoms with Crippen molar-refractivity contribution in [2.45, 2.75) is 19.4 Å². The van der Waals surface area contributed by atoms with Crippen molar-refractivity contribution in [2.75, 3.05) is 20.2 Å². The summed E-state index contributed by atoms with van der Waals surface area (Å²) >= 11 is 0. The van der Waals surface area contributed by atoms with Gasteiger partial charge in [-0.15, -0.1) is 0 Å². The van der Waals surface area contributed by atoms with E-state index in [1.54, 1.807) is 6.07 Å². The van der Waals surface area contributed by atoms with Crippen LogP contribution in [0.15, 0.2) is 24.5 Å². The van der Waals surface area contributed by atoms with Gasteiger partial charge in [-0.05, 0) is 38.1 Å². The van der Waals surface area contributed by atoms with Crippen LogP contribution in [0.4, 0.5) is 0 Å². The first-order valence-corrected chi connectivity index (χ1v) is 6.55. The van der Waals surface area contributed by atoms with Crippen molar-refractivity contribution in [3.8, 4) is 0 Å². The molecule has 19 heavy (non-hydrogen) atoms. The quantitative estimate of drug-likeness (QED) is 0.787. The van der Waals surface area contributed by atoms with Crippen molar-refractivity contribution in [2.24, 2.45) is 0 Å². The Morgan fingerprint density at radius 3 is 2.95 bits per heavy atom. The van der Waals surface area contributed by atoms with Crippen LogP contribution in [-0.2, 0) is 11.3 Å². The number of imidazole rings is 1. The van der Waals surface area contributed by atoms with Crippen LogP contribution in [-0.4, -0.2) is 40.5 Å². The molecule has 3 rings (SSSR count). The van der Waals surface area contributed by atoms with Gasteiger partial charge >= 0.3 is 5.97 Å². The van der Waals surface area contributed by atoms with E-state index in [-0.39, 0.29) is 5.97 Å². The average Bonchev–Trinajstić information content (AvgIpc) is 3.08. The maximum atomic E-state index is 11.7. The molecular formula is C14H17N3O2. The molecule has 100 valence electrons. The van der Waals surface area contributed by atoms with Crippen molar-refractivity contribution in [3.05, 3.63) is 35.8 Å². The van der Waals surface area contributed by atoms with Gasteiger partial charge in [0.2, 0.25) is 0 Å². The molecule has 2 aromatic heterocycles. The summed E-state index contributed by atoms with van der Waals surface area (Å²) in [5.74, 6) is -0.344. The van der Waals surface area contributed by atoms with Crippen LogP contribution in [0.3, 0.4) is 0 Å². The number of fused-ring (bicyclic) bond motifs is 1. The Balaban J connectivity index is 1.96. The van der Waals surface area contributed by atoms with E-state index in [2.05, 4.69) is 9.88 Å². The Bertz CT molecular complexity index is 600. The normalized spacial score (nSPS) is 16.1. The average molecular weight is 259 g/mol. The number of aromatic nitrogens is 2. The highest BCUT2D eigenvalue weighted by Crippen LogP contribution is 2.17. The van der Waals surface area contributed by atoms with E-state index in [1.807, 2.05) is 22.9 Å². The molecule has 0 radical (unpaired) electrons. The fourth-order valence-electron chi connectivity index (χ4n) is 2.62. The van der Waals surface area contributed by atoms with Crippen LogP contribution in [0.1, 0.15) is 28.9 Å². The van der Waals surface area contributed by atoms with Gasteiger partial charge in [-0.25, -0.2) is 9.78 Å². The van der Waals surface area contributed by atoms with Gasteiger partial charge in [-0.2, -0.15) is 0 Å². The van der Waals surface area contributed by atoms with E-state index in [4.69, 9.17) is 4.74 Å². The van der Waals surface area contributed by atoms with Gasteiger partial charge in [0.25, 0.3) is 0 Å². The summed E-state index contributed by atoms with van der Waals surface area (Å²) in [5.41, 5.74) is 2.30. The van der Waals surface area contributed by atoms with Gasteiger partial charge in [0.1, 0.15) is 5.56 Å². The van der Waals surface area contributed by atoms with Crippen molar-refractivity contribution in [1.29, 1.82) is 0 Å². The third-order valence-corrected chi connectivity index (χ3v) is 3.60. The van der Waals surface area contributed by atoms with Crippen molar-refractivity contribution in [3.63, 3.8) is 0 Å². The summed E-state index contributed by atoms with van der Waals surface area (Å²) in [5, 5.41) is 0. The zero-order chi connectivity index (χ0) is 13.2. The number of esters is 1. The van der Waals surface area contributed by atoms with E-state index in [9.17, 15) is 4.79 Å². The zero-order valence-electron chi connectivity index (χ0n) is 11.0. The number of rotatable bonds is 3. The first kappa shape index (κ1) is 12.2. The van der Waals surface area contributed by atoms with Crippen LogP contribution >= 0.6 is 0 Å². The Hall–Kier alpha value is -1.88. The lowest BCUT2D eigenvalue weighted by Gasteiger charge is -2.13. The van der Waals surface area contributed by atoms with Gasteiger partial charge in [-0.3, -0.25) is 4.90 Å². The number of likely N-dealkylation sites (tertiary alicyclic amines) is 1. The number of hydrogen-bond donors (Lipinski definition) is 0. The molecule has 0 saturated carbocycles. The summed E-state index contributed by atoms with van der Waals surface area (Å²) in [4.78, 5) is 18.5. The number of nitrogens with zero attached hydrogens (tertiary/aromatic N) is 3. The van der Waals surface area contributed by atoms with Crippen molar-refractivity contribution in [1.82, 2.24) is 14.3 Å². The molecule has 3 heterocycles. The highest BCUT2D eigenvalue weighted by Gasteiger charge is 2.17. The van der Waals surface area contributed by atoms with Crippen molar-refractivity contribution < 1.29 is 9.53 Å². The molecule has 1 aliphatic heterocycles. The number of methoxy groups -OCH3 is 1. The smallest absolute Gasteiger partial charge is 0.341 e. The van der Waals surface area contributed by atoms with Crippen molar-refractivity contribution >= 4 is 11.6 Å². The first-order valence-electron chi connectivity index (χ1n) is 6.55. The molecule has 1 aliphatic rings. The van der Waals surface area contributed by atoms with E-state index in [0.29, 0.717) is 11.2 Å². The fourth-order valence-corrected chi connectivity index (χ4v) is 2.62. The lowest BCUT2D eigenvalue weighted by Crippen LogP contribution is -2.19. The summed E-state index contributed by atoms with van der Waals surface area (Å²) in [6.45, 7) is 3.17. The topological polar surface area (TPSA) is 46.8 Å². The zero-order valence-corrected chi connectivity index (χ0v) is 11.0. The largest absolute Gasteiger partial charge is 0.465 e. The number of hydrogen-bond acceptors (Lipinski definition) is 4. The van der Waals surface area contributed by atoms with E-state index >= 15 is 0 Å². The standard InChI is InChI=1S/C14H17N3O2/c1-19-14(18)12-5-4-8-17-11(9-15-13(12)17)10-16-6-2-3-7-16/h4-5,8-9H,2-3,6-7,10H2,1H3. The Morgan fingerprint density at radius 1 is 1.42 bits per heavy atom. The third-order valence-electron chi connectivity index (χ3n) is 3.60. The number of carbonyl (C=O) groups is 1. The lowest BCUT2D eigenvalue weighted by atomic mass is 10.2. The molecule has 0 atom stereocenters. The second-order valence-corrected chi connectivity index (χ2v) is 4.84. The number of pyridine rings is 1. The van der Waals surface area contributed by atoms with Crippen LogP contribution in [0.2, 0.25) is 0 Å². The lowest BCUT2D eigenvalue weighted by molar-refractivity contribution is 0.0602. The Kier molecular flexibility index (Phi) is 3.21.